The first-order valence-electron chi connectivity index (χ1n) is 4.84. The molecule has 1 N–H and O–H groups in total. The zero-order chi connectivity index (χ0) is 15.5. The quantitative estimate of drug-likeness (QED) is 0.647. The second-order valence-corrected chi connectivity index (χ2v) is 3.35. The van der Waals surface area contributed by atoms with Gasteiger partial charge in [0.1, 0.15) is 0 Å². The Balaban J connectivity index is 3.40. The lowest BCUT2D eigenvalue weighted by atomic mass is 10.2. The molecule has 1 rings (SSSR count). The number of nitro groups is 1. The van der Waals surface area contributed by atoms with Gasteiger partial charge in [-0.2, -0.15) is 0 Å². The largest absolute Gasteiger partial charge is 0.574 e. The molecule has 0 aliphatic heterocycles. The number of carboxylic acid groups (broad SMARTS) is 1. The Bertz CT molecular complexity index is 545. The minimum Gasteiger partial charge on any atom is -0.486 e. The van der Waals surface area contributed by atoms with Crippen molar-refractivity contribution in [1.82, 2.24) is 4.98 Å². The molecule has 0 aromatic carbocycles. The zero-order valence-corrected chi connectivity index (χ0v) is 9.80. The number of aromatic nitrogens is 1. The molecular weight excluding hydrogens is 289 g/mol. The molecule has 0 aliphatic rings. The molecule has 0 atom stereocenters. The number of aliphatic carboxylic acids is 1. The van der Waals surface area contributed by atoms with Crippen molar-refractivity contribution in [3.8, 4) is 11.6 Å². The maximum atomic E-state index is 12.2. The first kappa shape index (κ1) is 15.5. The number of hydrogen-bond donors (Lipinski definition) is 1. The molecule has 0 radical (unpaired) electrons. The van der Waals surface area contributed by atoms with E-state index in [1.807, 2.05) is 0 Å². The standard InChI is InChI=1S/C9H7F3N2O6/c1-19-7-5(14(17)18)2-4(3-6(15)16)13-8(7)20-9(10,11)12/h2H,3H2,1H3,(H,15,16). The lowest BCUT2D eigenvalue weighted by molar-refractivity contribution is -0.386. The van der Waals surface area contributed by atoms with Crippen LogP contribution in [0.25, 0.3) is 0 Å². The molecule has 20 heavy (non-hydrogen) atoms. The summed E-state index contributed by atoms with van der Waals surface area (Å²) in [6, 6.07) is 0.705. The predicted molar refractivity (Wildman–Crippen MR) is 55.5 cm³/mol. The number of nitrogens with zero attached hydrogens (tertiary/aromatic N) is 2. The summed E-state index contributed by atoms with van der Waals surface area (Å²) in [6.45, 7) is 0. The zero-order valence-electron chi connectivity index (χ0n) is 9.80. The van der Waals surface area contributed by atoms with Gasteiger partial charge in [0.2, 0.25) is 0 Å². The number of ether oxygens (including phenoxy) is 2. The molecule has 0 spiro atoms. The topological polar surface area (TPSA) is 112 Å². The Kier molecular flexibility index (Phi) is 4.32. The Morgan fingerprint density at radius 1 is 1.55 bits per heavy atom. The molecule has 0 aliphatic carbocycles. The molecule has 110 valence electrons. The lowest BCUT2D eigenvalue weighted by Crippen LogP contribution is -2.19. The molecule has 1 heterocycles. The van der Waals surface area contributed by atoms with E-state index in [1.165, 1.54) is 0 Å². The van der Waals surface area contributed by atoms with E-state index in [4.69, 9.17) is 5.11 Å². The van der Waals surface area contributed by atoms with Gasteiger partial charge in [-0.15, -0.1) is 13.2 Å². The number of carbonyl (C=O) groups is 1. The fourth-order valence-electron chi connectivity index (χ4n) is 1.30. The minimum atomic E-state index is -5.16. The number of carboxylic acids is 1. The van der Waals surface area contributed by atoms with E-state index in [1.54, 1.807) is 0 Å². The van der Waals surface area contributed by atoms with E-state index < -0.39 is 46.7 Å². The van der Waals surface area contributed by atoms with Crippen LogP contribution in [0.15, 0.2) is 6.07 Å². The number of hydrogen-bond acceptors (Lipinski definition) is 6. The van der Waals surface area contributed by atoms with Gasteiger partial charge in [-0.25, -0.2) is 4.98 Å². The summed E-state index contributed by atoms with van der Waals surface area (Å²) >= 11 is 0. The third-order valence-corrected chi connectivity index (χ3v) is 1.92. The summed E-state index contributed by atoms with van der Waals surface area (Å²) in [5, 5.41) is 19.3. The first-order chi connectivity index (χ1) is 9.14. The van der Waals surface area contributed by atoms with Crippen LogP contribution < -0.4 is 9.47 Å². The highest BCUT2D eigenvalue weighted by molar-refractivity contribution is 5.70. The fourth-order valence-corrected chi connectivity index (χ4v) is 1.30. The van der Waals surface area contributed by atoms with Gasteiger partial charge in [0.25, 0.3) is 11.6 Å². The van der Waals surface area contributed by atoms with E-state index in [-0.39, 0.29) is 0 Å². The molecule has 0 saturated heterocycles. The summed E-state index contributed by atoms with van der Waals surface area (Å²) in [5.41, 5.74) is -1.35. The first-order valence-corrected chi connectivity index (χ1v) is 4.84. The molecular formula is C9H7F3N2O6. The van der Waals surface area contributed by atoms with E-state index >= 15 is 0 Å². The summed E-state index contributed by atoms with van der Waals surface area (Å²) in [6.07, 6.45) is -5.96. The van der Waals surface area contributed by atoms with Gasteiger partial charge in [0.05, 0.1) is 24.1 Å². The smallest absolute Gasteiger partial charge is 0.486 e. The number of alkyl halides is 3. The van der Waals surface area contributed by atoms with Crippen molar-refractivity contribution in [3.05, 3.63) is 21.9 Å². The molecule has 0 bridgehead atoms. The van der Waals surface area contributed by atoms with Gasteiger partial charge in [0.15, 0.2) is 0 Å². The normalized spacial score (nSPS) is 11.0. The van der Waals surface area contributed by atoms with Gasteiger partial charge in [0, 0.05) is 6.07 Å². The summed E-state index contributed by atoms with van der Waals surface area (Å²) < 4.78 is 44.5. The molecule has 1 aromatic rings. The van der Waals surface area contributed by atoms with E-state index in [0.29, 0.717) is 6.07 Å². The van der Waals surface area contributed by atoms with E-state index in [0.717, 1.165) is 7.11 Å². The van der Waals surface area contributed by atoms with Crippen molar-refractivity contribution in [3.63, 3.8) is 0 Å². The van der Waals surface area contributed by atoms with E-state index in [9.17, 15) is 28.1 Å². The average Bonchev–Trinajstić information content (AvgIpc) is 2.25. The van der Waals surface area contributed by atoms with E-state index in [2.05, 4.69) is 14.5 Å². The van der Waals surface area contributed by atoms with Gasteiger partial charge in [-0.3, -0.25) is 14.9 Å². The lowest BCUT2D eigenvalue weighted by Gasteiger charge is -2.12. The maximum absolute atomic E-state index is 12.2. The van der Waals surface area contributed by atoms with Crippen LogP contribution in [0.5, 0.6) is 11.6 Å². The molecule has 0 saturated carbocycles. The Morgan fingerprint density at radius 3 is 2.55 bits per heavy atom. The van der Waals surface area contributed by atoms with Crippen molar-refractivity contribution in [2.75, 3.05) is 7.11 Å². The van der Waals surface area contributed by atoms with Gasteiger partial charge in [-0.05, 0) is 0 Å². The Hall–Kier alpha value is -2.59. The fraction of sp³-hybridized carbons (Fsp3) is 0.333. The number of pyridine rings is 1. The third-order valence-electron chi connectivity index (χ3n) is 1.92. The number of methoxy groups -OCH3 is 1. The van der Waals surface area contributed by atoms with Crippen molar-refractivity contribution in [2.45, 2.75) is 12.8 Å². The van der Waals surface area contributed by atoms with Gasteiger partial charge < -0.3 is 14.6 Å². The van der Waals surface area contributed by atoms with Crippen LogP contribution >= 0.6 is 0 Å². The van der Waals surface area contributed by atoms with Crippen molar-refractivity contribution < 1.29 is 37.5 Å². The second-order valence-electron chi connectivity index (χ2n) is 3.35. The molecule has 11 heteroatoms. The molecule has 1 aromatic heterocycles. The van der Waals surface area contributed by atoms with Crippen LogP contribution in [0, 0.1) is 10.1 Å². The van der Waals surface area contributed by atoms with Crippen molar-refractivity contribution >= 4 is 11.7 Å². The Labute approximate surface area is 108 Å². The second kappa shape index (κ2) is 5.59. The van der Waals surface area contributed by atoms with Crippen LogP contribution in [0.4, 0.5) is 18.9 Å². The number of rotatable bonds is 5. The summed E-state index contributed by atoms with van der Waals surface area (Å²) in [7, 11) is 0.893. The highest BCUT2D eigenvalue weighted by atomic mass is 19.4. The molecule has 0 amide bonds. The maximum Gasteiger partial charge on any atom is 0.574 e. The SMILES string of the molecule is COc1c([N+](=O)[O-])cc(CC(=O)O)nc1OC(F)(F)F. The molecule has 0 fully saturated rings. The van der Waals surface area contributed by atoms with Gasteiger partial charge in [-0.1, -0.05) is 0 Å². The predicted octanol–water partition coefficient (Wildman–Crippen LogP) is 1.52. The van der Waals surface area contributed by atoms with Gasteiger partial charge >= 0.3 is 18.0 Å². The van der Waals surface area contributed by atoms with Crippen molar-refractivity contribution in [1.29, 1.82) is 0 Å². The monoisotopic (exact) mass is 296 g/mol. The summed E-state index contributed by atoms with van der Waals surface area (Å²) in [4.78, 5) is 23.5. The molecule has 8 nitrogen and oxygen atoms in total. The Morgan fingerprint density at radius 2 is 2.15 bits per heavy atom. The van der Waals surface area contributed by atoms with Crippen LogP contribution in [0.3, 0.4) is 0 Å². The van der Waals surface area contributed by atoms with Crippen LogP contribution in [-0.4, -0.2) is 34.5 Å². The van der Waals surface area contributed by atoms with Crippen LogP contribution in [-0.2, 0) is 11.2 Å². The third kappa shape index (κ3) is 3.96. The van der Waals surface area contributed by atoms with Crippen LogP contribution in [0.1, 0.15) is 5.69 Å². The highest BCUT2D eigenvalue weighted by Gasteiger charge is 2.36. The summed E-state index contributed by atoms with van der Waals surface area (Å²) in [5.74, 6) is -3.48. The minimum absolute atomic E-state index is 0.468. The highest BCUT2D eigenvalue weighted by Crippen LogP contribution is 2.38. The van der Waals surface area contributed by atoms with Crippen molar-refractivity contribution in [2.24, 2.45) is 0 Å². The average molecular weight is 296 g/mol. The number of halogens is 3. The molecule has 0 unspecified atom stereocenters. The van der Waals surface area contributed by atoms with Crippen LogP contribution in [0.2, 0.25) is 0 Å².